The zero-order chi connectivity index (χ0) is 15.0. The molecule has 0 aromatic carbocycles. The van der Waals surface area contributed by atoms with E-state index < -0.39 is 18.1 Å². The maximum absolute atomic E-state index is 12.3. The smallest absolute Gasteiger partial charge is 0.326 e. The number of carbonyl (C=O) groups excluding carboxylic acids is 1. The third-order valence-corrected chi connectivity index (χ3v) is 3.63. The number of aliphatic hydroxyl groups excluding tert-OH is 1. The molecule has 0 radical (unpaired) electrons. The molecule has 3 heterocycles. The Hall–Kier alpha value is -2.41. The number of hydrogen-bond acceptors (Lipinski definition) is 4. The highest BCUT2D eigenvalue weighted by Gasteiger charge is 2.38. The molecule has 0 unspecified atom stereocenters. The Balaban J connectivity index is 1.77. The van der Waals surface area contributed by atoms with E-state index in [1.165, 1.54) is 4.90 Å². The van der Waals surface area contributed by atoms with E-state index in [0.717, 1.165) is 5.65 Å². The van der Waals surface area contributed by atoms with Gasteiger partial charge in [0.15, 0.2) is 0 Å². The Morgan fingerprint density at radius 3 is 2.90 bits per heavy atom. The van der Waals surface area contributed by atoms with Crippen molar-refractivity contribution in [2.75, 3.05) is 6.54 Å². The highest BCUT2D eigenvalue weighted by molar-refractivity contribution is 5.85. The molecule has 3 rings (SSSR count). The molecule has 2 N–H and O–H groups in total. The van der Waals surface area contributed by atoms with Crippen LogP contribution >= 0.6 is 0 Å². The number of amides is 1. The molecule has 0 spiro atoms. The fraction of sp³-hybridized carbons (Fsp3) is 0.357. The lowest BCUT2D eigenvalue weighted by molar-refractivity contribution is -0.148. The van der Waals surface area contributed by atoms with Crippen LogP contribution in [0.3, 0.4) is 0 Å². The van der Waals surface area contributed by atoms with Crippen molar-refractivity contribution in [2.45, 2.75) is 25.0 Å². The number of carboxylic acids is 1. The summed E-state index contributed by atoms with van der Waals surface area (Å²) >= 11 is 0. The number of pyridine rings is 1. The van der Waals surface area contributed by atoms with Crippen LogP contribution < -0.4 is 0 Å². The molecule has 1 aliphatic heterocycles. The van der Waals surface area contributed by atoms with E-state index in [1.54, 1.807) is 10.6 Å². The summed E-state index contributed by atoms with van der Waals surface area (Å²) in [6.07, 6.45) is 2.90. The third kappa shape index (κ3) is 2.59. The predicted molar refractivity (Wildman–Crippen MR) is 72.7 cm³/mol. The molecule has 1 fully saturated rings. The molecule has 7 nitrogen and oxygen atoms in total. The van der Waals surface area contributed by atoms with Crippen LogP contribution in [0.25, 0.3) is 5.65 Å². The van der Waals surface area contributed by atoms with Crippen LogP contribution in [-0.2, 0) is 16.0 Å². The van der Waals surface area contributed by atoms with Crippen molar-refractivity contribution < 1.29 is 19.8 Å². The van der Waals surface area contributed by atoms with E-state index in [0.29, 0.717) is 5.69 Å². The average molecular weight is 289 g/mol. The molecule has 21 heavy (non-hydrogen) atoms. The first-order valence-electron chi connectivity index (χ1n) is 6.67. The van der Waals surface area contributed by atoms with Crippen molar-refractivity contribution in [3.63, 3.8) is 0 Å². The summed E-state index contributed by atoms with van der Waals surface area (Å²) in [4.78, 5) is 28.9. The number of aliphatic hydroxyl groups is 1. The fourth-order valence-electron chi connectivity index (χ4n) is 2.65. The average Bonchev–Trinajstić information content (AvgIpc) is 3.01. The highest BCUT2D eigenvalue weighted by Crippen LogP contribution is 2.19. The van der Waals surface area contributed by atoms with Gasteiger partial charge in [-0.25, -0.2) is 9.78 Å². The lowest BCUT2D eigenvalue weighted by atomic mass is 10.2. The van der Waals surface area contributed by atoms with Crippen molar-refractivity contribution in [1.82, 2.24) is 14.3 Å². The number of likely N-dealkylation sites (tertiary alicyclic amines) is 1. The first kappa shape index (κ1) is 13.6. The number of carboxylic acid groups (broad SMARTS) is 1. The van der Waals surface area contributed by atoms with Gasteiger partial charge >= 0.3 is 5.97 Å². The molecule has 2 aromatic rings. The molecule has 110 valence electrons. The maximum Gasteiger partial charge on any atom is 0.326 e. The van der Waals surface area contributed by atoms with Gasteiger partial charge in [0, 0.05) is 25.4 Å². The number of fused-ring (bicyclic) bond motifs is 1. The molecule has 2 atom stereocenters. The van der Waals surface area contributed by atoms with Gasteiger partial charge in [-0.1, -0.05) is 6.07 Å². The van der Waals surface area contributed by atoms with Gasteiger partial charge < -0.3 is 19.5 Å². The second-order valence-corrected chi connectivity index (χ2v) is 5.16. The van der Waals surface area contributed by atoms with Crippen LogP contribution in [0.4, 0.5) is 0 Å². The lowest BCUT2D eigenvalue weighted by Crippen LogP contribution is -2.41. The number of nitrogens with zero attached hydrogens (tertiary/aromatic N) is 3. The van der Waals surface area contributed by atoms with Crippen molar-refractivity contribution in [2.24, 2.45) is 0 Å². The number of hydrogen-bond donors (Lipinski definition) is 2. The summed E-state index contributed by atoms with van der Waals surface area (Å²) in [7, 11) is 0. The summed E-state index contributed by atoms with van der Waals surface area (Å²) in [6.45, 7) is 0.0587. The van der Waals surface area contributed by atoms with Gasteiger partial charge in [0.2, 0.25) is 5.91 Å². The molecule has 7 heteroatoms. The van der Waals surface area contributed by atoms with Crippen molar-refractivity contribution in [3.05, 3.63) is 36.3 Å². The SMILES string of the molecule is O=C(O)[C@@H]1C[C@@H](O)CN1C(=O)Cc1cn2ccccc2n1. The van der Waals surface area contributed by atoms with Crippen LogP contribution in [0.1, 0.15) is 12.1 Å². The summed E-state index contributed by atoms with van der Waals surface area (Å²) in [5, 5.41) is 18.7. The summed E-state index contributed by atoms with van der Waals surface area (Å²) < 4.78 is 1.80. The number of β-amino-alcohol motifs (C(OH)–C–C–N with tert-alkyl or cyclic N) is 1. The van der Waals surface area contributed by atoms with Gasteiger partial charge in [-0.3, -0.25) is 4.79 Å². The van der Waals surface area contributed by atoms with Crippen LogP contribution in [0, 0.1) is 0 Å². The third-order valence-electron chi connectivity index (χ3n) is 3.63. The minimum atomic E-state index is -1.09. The minimum Gasteiger partial charge on any atom is -0.480 e. The van der Waals surface area contributed by atoms with Gasteiger partial charge in [0.05, 0.1) is 18.2 Å². The second kappa shape index (κ2) is 5.17. The Morgan fingerprint density at radius 1 is 1.38 bits per heavy atom. The molecule has 2 aromatic heterocycles. The molecule has 1 saturated heterocycles. The normalized spacial score (nSPS) is 21.9. The van der Waals surface area contributed by atoms with Gasteiger partial charge in [0.1, 0.15) is 11.7 Å². The number of aliphatic carboxylic acids is 1. The largest absolute Gasteiger partial charge is 0.480 e. The molecular formula is C14H15N3O4. The van der Waals surface area contributed by atoms with Crippen LogP contribution in [0.15, 0.2) is 30.6 Å². The summed E-state index contributed by atoms with van der Waals surface area (Å²) in [6, 6.07) is 4.58. The monoisotopic (exact) mass is 289 g/mol. The van der Waals surface area contributed by atoms with Crippen molar-refractivity contribution >= 4 is 17.5 Å². The van der Waals surface area contributed by atoms with Gasteiger partial charge in [-0.2, -0.15) is 0 Å². The van der Waals surface area contributed by atoms with Gasteiger partial charge in [-0.05, 0) is 12.1 Å². The van der Waals surface area contributed by atoms with Crippen LogP contribution in [-0.4, -0.2) is 55.1 Å². The zero-order valence-corrected chi connectivity index (χ0v) is 11.2. The first-order valence-corrected chi connectivity index (χ1v) is 6.67. The van der Waals surface area contributed by atoms with Crippen LogP contribution in [0.2, 0.25) is 0 Å². The number of imidazole rings is 1. The fourth-order valence-corrected chi connectivity index (χ4v) is 2.65. The topological polar surface area (TPSA) is 95.1 Å². The summed E-state index contributed by atoms with van der Waals surface area (Å²) in [5.74, 6) is -1.42. The molecule has 0 aliphatic carbocycles. The van der Waals surface area contributed by atoms with Gasteiger partial charge in [-0.15, -0.1) is 0 Å². The van der Waals surface area contributed by atoms with Crippen LogP contribution in [0.5, 0.6) is 0 Å². The van der Waals surface area contributed by atoms with Gasteiger partial charge in [0.25, 0.3) is 0 Å². The van der Waals surface area contributed by atoms with Crippen molar-refractivity contribution in [1.29, 1.82) is 0 Å². The predicted octanol–water partition coefficient (Wildman–Crippen LogP) is -0.0768. The van der Waals surface area contributed by atoms with E-state index in [9.17, 15) is 14.7 Å². The lowest BCUT2D eigenvalue weighted by Gasteiger charge is -2.20. The minimum absolute atomic E-state index is 0.0260. The number of rotatable bonds is 3. The maximum atomic E-state index is 12.3. The zero-order valence-electron chi connectivity index (χ0n) is 11.2. The Labute approximate surface area is 120 Å². The standard InChI is InChI=1S/C14H15N3O4/c18-10-6-11(14(20)21)17(8-10)13(19)5-9-7-16-4-2-1-3-12(16)15-9/h1-4,7,10-11,18H,5-6,8H2,(H,20,21)/t10-,11+/m1/s1. The van der Waals surface area contributed by atoms with E-state index in [-0.39, 0.29) is 25.3 Å². The number of aromatic nitrogens is 2. The van der Waals surface area contributed by atoms with E-state index >= 15 is 0 Å². The highest BCUT2D eigenvalue weighted by atomic mass is 16.4. The van der Waals surface area contributed by atoms with E-state index in [2.05, 4.69) is 4.98 Å². The molecule has 1 aliphatic rings. The van der Waals surface area contributed by atoms with E-state index in [4.69, 9.17) is 5.11 Å². The number of carbonyl (C=O) groups is 2. The molecule has 1 amide bonds. The first-order chi connectivity index (χ1) is 10.0. The molecule has 0 saturated carbocycles. The quantitative estimate of drug-likeness (QED) is 0.824. The Kier molecular flexibility index (Phi) is 3.34. The Morgan fingerprint density at radius 2 is 2.19 bits per heavy atom. The second-order valence-electron chi connectivity index (χ2n) is 5.16. The summed E-state index contributed by atoms with van der Waals surface area (Å²) in [5.41, 5.74) is 1.31. The Bertz CT molecular complexity index is 663. The molecule has 0 bridgehead atoms. The van der Waals surface area contributed by atoms with E-state index in [1.807, 2.05) is 24.4 Å². The van der Waals surface area contributed by atoms with Crippen molar-refractivity contribution in [3.8, 4) is 0 Å². The molecular weight excluding hydrogens is 274 g/mol.